The van der Waals surface area contributed by atoms with E-state index >= 15 is 0 Å². The second kappa shape index (κ2) is 10.3. The molecule has 5 nitrogen and oxygen atoms in total. The molecule has 2 N–H and O–H groups in total. The maximum atomic E-state index is 13.1. The first-order valence-corrected chi connectivity index (χ1v) is 12.7. The smallest absolute Gasteiger partial charge is 0.248 e. The molecular formula is C29H39N3O2. The topological polar surface area (TPSA) is 66.6 Å². The first kappa shape index (κ1) is 24.5. The molecule has 182 valence electrons. The zero-order valence-corrected chi connectivity index (χ0v) is 20.9. The molecule has 0 aromatic heterocycles. The number of rotatable bonds is 8. The fourth-order valence-corrected chi connectivity index (χ4v) is 5.83. The second-order valence-electron chi connectivity index (χ2n) is 11.1. The van der Waals surface area contributed by atoms with Crippen LogP contribution in [0.4, 0.5) is 0 Å². The van der Waals surface area contributed by atoms with E-state index in [1.165, 1.54) is 24.0 Å². The number of carbonyl (C=O) groups is 2. The van der Waals surface area contributed by atoms with Gasteiger partial charge in [-0.1, -0.05) is 63.2 Å². The Balaban J connectivity index is 1.36. The lowest BCUT2D eigenvalue weighted by molar-refractivity contribution is -0.140. The molecule has 34 heavy (non-hydrogen) atoms. The highest BCUT2D eigenvalue weighted by atomic mass is 16.2. The summed E-state index contributed by atoms with van der Waals surface area (Å²) in [5.74, 6) is 0.351. The molecule has 2 saturated heterocycles. The Morgan fingerprint density at radius 2 is 1.68 bits per heavy atom. The summed E-state index contributed by atoms with van der Waals surface area (Å²) in [5, 5.41) is 0. The maximum absolute atomic E-state index is 13.1. The second-order valence-corrected chi connectivity index (χ2v) is 11.1. The van der Waals surface area contributed by atoms with Gasteiger partial charge in [0.05, 0.1) is 0 Å². The van der Waals surface area contributed by atoms with Crippen molar-refractivity contribution in [2.45, 2.75) is 77.4 Å². The van der Waals surface area contributed by atoms with Crippen LogP contribution in [0.25, 0.3) is 0 Å². The van der Waals surface area contributed by atoms with Gasteiger partial charge in [0, 0.05) is 42.7 Å². The molecule has 5 heteroatoms. The van der Waals surface area contributed by atoms with E-state index < -0.39 is 0 Å². The molecule has 4 rings (SSSR count). The predicted molar refractivity (Wildman–Crippen MR) is 136 cm³/mol. The van der Waals surface area contributed by atoms with Crippen molar-refractivity contribution in [1.82, 2.24) is 9.80 Å². The molecule has 2 bridgehead atoms. The fourth-order valence-electron chi connectivity index (χ4n) is 5.83. The Bertz CT molecular complexity index is 984. The zero-order valence-electron chi connectivity index (χ0n) is 20.9. The van der Waals surface area contributed by atoms with Crippen molar-refractivity contribution in [2.24, 2.45) is 11.1 Å². The number of carbonyl (C=O) groups excluding carboxylic acids is 2. The van der Waals surface area contributed by atoms with Crippen LogP contribution in [0.3, 0.4) is 0 Å². The molecule has 2 aliphatic rings. The van der Waals surface area contributed by atoms with Crippen LogP contribution in [0.2, 0.25) is 0 Å². The van der Waals surface area contributed by atoms with Gasteiger partial charge >= 0.3 is 0 Å². The number of fused-ring (bicyclic) bond motifs is 2. The van der Waals surface area contributed by atoms with Crippen molar-refractivity contribution >= 4 is 11.8 Å². The molecule has 2 heterocycles. The first-order valence-electron chi connectivity index (χ1n) is 12.7. The van der Waals surface area contributed by atoms with Gasteiger partial charge in [-0.2, -0.15) is 0 Å². The summed E-state index contributed by atoms with van der Waals surface area (Å²) in [6.07, 6.45) is 5.74. The Morgan fingerprint density at radius 1 is 1.00 bits per heavy atom. The number of benzene rings is 2. The van der Waals surface area contributed by atoms with Gasteiger partial charge in [0.25, 0.3) is 0 Å². The summed E-state index contributed by atoms with van der Waals surface area (Å²) < 4.78 is 0. The predicted octanol–water partition coefficient (Wildman–Crippen LogP) is 4.96. The Labute approximate surface area is 204 Å². The summed E-state index contributed by atoms with van der Waals surface area (Å²) in [4.78, 5) is 29.5. The maximum Gasteiger partial charge on any atom is 0.248 e. The van der Waals surface area contributed by atoms with Crippen LogP contribution in [-0.4, -0.2) is 46.8 Å². The van der Waals surface area contributed by atoms with Crippen LogP contribution in [0, 0.1) is 5.41 Å². The molecule has 2 aliphatic heterocycles. The van der Waals surface area contributed by atoms with Crippen molar-refractivity contribution < 1.29 is 9.59 Å². The summed E-state index contributed by atoms with van der Waals surface area (Å²) >= 11 is 0. The first-order chi connectivity index (χ1) is 16.2. The Hall–Kier alpha value is -2.66. The fraction of sp³-hybridized carbons (Fsp3) is 0.517. The molecular weight excluding hydrogens is 422 g/mol. The lowest BCUT2D eigenvalue weighted by Gasteiger charge is -2.40. The number of hydrogen-bond donors (Lipinski definition) is 1. The number of nitrogens with two attached hydrogens (primary N) is 1. The van der Waals surface area contributed by atoms with Crippen LogP contribution in [0.5, 0.6) is 0 Å². The molecule has 0 unspecified atom stereocenters. The highest BCUT2D eigenvalue weighted by molar-refractivity contribution is 5.92. The van der Waals surface area contributed by atoms with Crippen LogP contribution < -0.4 is 5.73 Å². The molecule has 0 saturated carbocycles. The van der Waals surface area contributed by atoms with Crippen LogP contribution in [-0.2, 0) is 11.3 Å². The van der Waals surface area contributed by atoms with Gasteiger partial charge in [0.1, 0.15) is 0 Å². The lowest BCUT2D eigenvalue weighted by atomic mass is 9.84. The summed E-state index contributed by atoms with van der Waals surface area (Å²) in [6, 6.07) is 19.3. The largest absolute Gasteiger partial charge is 0.366 e. The highest BCUT2D eigenvalue weighted by Crippen LogP contribution is 2.43. The van der Waals surface area contributed by atoms with Gasteiger partial charge in [0.2, 0.25) is 11.8 Å². The van der Waals surface area contributed by atoms with E-state index in [4.69, 9.17) is 5.73 Å². The van der Waals surface area contributed by atoms with Crippen molar-refractivity contribution in [3.8, 4) is 0 Å². The third kappa shape index (κ3) is 5.69. The SMILES string of the molecule is CC(C)(C)C(=O)N(CCCN1[C@@H]2CC[C@H]1C[C@@H](c1cccc(C(N)=O)c1)C2)Cc1ccccc1. The quantitative estimate of drug-likeness (QED) is 0.604. The average molecular weight is 462 g/mol. The van der Waals surface area contributed by atoms with Gasteiger partial charge < -0.3 is 10.6 Å². The molecule has 3 atom stereocenters. The Kier molecular flexibility index (Phi) is 7.42. The van der Waals surface area contributed by atoms with Crippen LogP contribution >= 0.6 is 0 Å². The average Bonchev–Trinajstić information content (AvgIpc) is 3.04. The van der Waals surface area contributed by atoms with Crippen molar-refractivity contribution in [3.05, 3.63) is 71.3 Å². The minimum atomic E-state index is -0.383. The van der Waals surface area contributed by atoms with Crippen molar-refractivity contribution in [2.75, 3.05) is 13.1 Å². The van der Waals surface area contributed by atoms with E-state index in [1.807, 2.05) is 56.0 Å². The lowest BCUT2D eigenvalue weighted by Crippen LogP contribution is -2.44. The van der Waals surface area contributed by atoms with Crippen LogP contribution in [0.15, 0.2) is 54.6 Å². The number of amides is 2. The van der Waals surface area contributed by atoms with Gasteiger partial charge in [-0.15, -0.1) is 0 Å². The molecule has 2 aromatic rings. The van der Waals surface area contributed by atoms with Crippen molar-refractivity contribution in [1.29, 1.82) is 0 Å². The van der Waals surface area contributed by atoms with Crippen molar-refractivity contribution in [3.63, 3.8) is 0 Å². The minimum Gasteiger partial charge on any atom is -0.366 e. The number of hydrogen-bond acceptors (Lipinski definition) is 3. The highest BCUT2D eigenvalue weighted by Gasteiger charge is 2.40. The van der Waals surface area contributed by atoms with Gasteiger partial charge in [-0.25, -0.2) is 0 Å². The minimum absolute atomic E-state index is 0.215. The van der Waals surface area contributed by atoms with Crippen LogP contribution in [0.1, 0.15) is 80.3 Å². The summed E-state index contributed by atoms with van der Waals surface area (Å²) in [5.41, 5.74) is 8.15. The van der Waals surface area contributed by atoms with Gasteiger partial charge in [0.15, 0.2) is 0 Å². The van der Waals surface area contributed by atoms with Gasteiger partial charge in [-0.3, -0.25) is 14.5 Å². The molecule has 0 aliphatic carbocycles. The summed E-state index contributed by atoms with van der Waals surface area (Å²) in [6.45, 7) is 8.50. The standard InChI is InChI=1S/C29H39N3O2/c1-29(2,3)28(34)31(20-21-9-5-4-6-10-21)15-8-16-32-25-13-14-26(32)19-24(18-25)22-11-7-12-23(17-22)27(30)33/h4-7,9-12,17,24-26H,8,13-16,18-20H2,1-3H3,(H2,30,33)/t24-,25+,26-. The molecule has 2 aromatic carbocycles. The van der Waals surface area contributed by atoms with E-state index in [9.17, 15) is 9.59 Å². The van der Waals surface area contributed by atoms with E-state index in [0.29, 0.717) is 30.1 Å². The zero-order chi connectivity index (χ0) is 24.3. The van der Waals surface area contributed by atoms with Gasteiger partial charge in [-0.05, 0) is 61.3 Å². The summed E-state index contributed by atoms with van der Waals surface area (Å²) in [7, 11) is 0. The van der Waals surface area contributed by atoms with E-state index in [2.05, 4.69) is 23.1 Å². The molecule has 2 amide bonds. The number of piperidine rings is 1. The third-order valence-electron chi connectivity index (χ3n) is 7.52. The molecule has 0 radical (unpaired) electrons. The normalized spacial score (nSPS) is 22.5. The van der Waals surface area contributed by atoms with E-state index in [1.54, 1.807) is 6.07 Å². The number of nitrogens with zero attached hydrogens (tertiary/aromatic N) is 2. The van der Waals surface area contributed by atoms with E-state index in [0.717, 1.165) is 32.4 Å². The third-order valence-corrected chi connectivity index (χ3v) is 7.52. The monoisotopic (exact) mass is 461 g/mol. The Morgan fingerprint density at radius 3 is 2.29 bits per heavy atom. The van der Waals surface area contributed by atoms with E-state index in [-0.39, 0.29) is 17.2 Å². The number of primary amides is 1. The molecule has 2 fully saturated rings. The molecule has 0 spiro atoms.